The number of hydrogen-bond donors (Lipinski definition) is 2. The van der Waals surface area contributed by atoms with Gasteiger partial charge in [-0.15, -0.1) is 0 Å². The molecule has 16 heavy (non-hydrogen) atoms. The molecule has 0 aliphatic carbocycles. The smallest absolute Gasteiger partial charge is 0.223 e. The summed E-state index contributed by atoms with van der Waals surface area (Å²) in [5, 5.41) is 20.6. The molecule has 0 saturated heterocycles. The Morgan fingerprint density at radius 2 is 2.31 bits per heavy atom. The van der Waals surface area contributed by atoms with E-state index >= 15 is 0 Å². The lowest BCUT2D eigenvalue weighted by molar-refractivity contribution is 0.220. The first kappa shape index (κ1) is 12.4. The van der Waals surface area contributed by atoms with Gasteiger partial charge >= 0.3 is 0 Å². The van der Waals surface area contributed by atoms with Crippen molar-refractivity contribution in [3.63, 3.8) is 0 Å². The summed E-state index contributed by atoms with van der Waals surface area (Å²) in [5.74, 6) is 0.449. The molecule has 0 unspecified atom stereocenters. The topological polar surface area (TPSA) is 81.8 Å². The van der Waals surface area contributed by atoms with Crippen molar-refractivity contribution in [3.8, 4) is 6.07 Å². The number of aliphatic hydroxyl groups excluding tert-OH is 1. The third-order valence-corrected chi connectivity index (χ3v) is 2.28. The van der Waals surface area contributed by atoms with Crippen molar-refractivity contribution in [3.05, 3.63) is 18.0 Å². The maximum atomic E-state index is 8.88. The van der Waals surface area contributed by atoms with E-state index in [0.29, 0.717) is 24.6 Å². The highest BCUT2D eigenvalue weighted by atomic mass is 16.3. The molecule has 1 aromatic heterocycles. The molecule has 0 amide bonds. The summed E-state index contributed by atoms with van der Waals surface area (Å²) in [6.45, 7) is 4.91. The van der Waals surface area contributed by atoms with Crippen LogP contribution in [0.5, 0.6) is 0 Å². The van der Waals surface area contributed by atoms with Crippen molar-refractivity contribution < 1.29 is 5.11 Å². The average Bonchev–Trinajstić information content (AvgIpc) is 2.27. The SMILES string of the molecule is CC(C)(CCO)CNc1nccc(C#N)n1. The first-order chi connectivity index (χ1) is 7.57. The van der Waals surface area contributed by atoms with E-state index < -0.39 is 0 Å². The van der Waals surface area contributed by atoms with Crippen LogP contribution in [-0.2, 0) is 0 Å². The Hall–Kier alpha value is -1.67. The molecule has 5 heteroatoms. The van der Waals surface area contributed by atoms with Gasteiger partial charge in [-0.05, 0) is 17.9 Å². The van der Waals surface area contributed by atoms with E-state index in [9.17, 15) is 0 Å². The standard InChI is InChI=1S/C11H16N4O/c1-11(2,4-6-16)8-14-10-13-5-3-9(7-12)15-10/h3,5,16H,4,6,8H2,1-2H3,(H,13,14,15). The summed E-state index contributed by atoms with van der Waals surface area (Å²) in [5.41, 5.74) is 0.318. The zero-order valence-corrected chi connectivity index (χ0v) is 9.56. The maximum Gasteiger partial charge on any atom is 0.223 e. The van der Waals surface area contributed by atoms with Gasteiger partial charge in [0.25, 0.3) is 0 Å². The first-order valence-corrected chi connectivity index (χ1v) is 5.15. The van der Waals surface area contributed by atoms with Gasteiger partial charge in [0.15, 0.2) is 0 Å². The van der Waals surface area contributed by atoms with Gasteiger partial charge in [-0.1, -0.05) is 13.8 Å². The minimum atomic E-state index is -0.0270. The maximum absolute atomic E-state index is 8.88. The minimum absolute atomic E-state index is 0.0270. The van der Waals surface area contributed by atoms with Crippen LogP contribution in [0.3, 0.4) is 0 Å². The number of nitriles is 1. The van der Waals surface area contributed by atoms with Gasteiger partial charge in [0, 0.05) is 19.3 Å². The van der Waals surface area contributed by atoms with Crippen molar-refractivity contribution in [2.75, 3.05) is 18.5 Å². The van der Waals surface area contributed by atoms with E-state index in [0.717, 1.165) is 0 Å². The van der Waals surface area contributed by atoms with Gasteiger partial charge in [-0.3, -0.25) is 0 Å². The number of hydrogen-bond acceptors (Lipinski definition) is 5. The monoisotopic (exact) mass is 220 g/mol. The number of nitrogens with one attached hydrogen (secondary N) is 1. The molecule has 1 aromatic rings. The molecule has 86 valence electrons. The van der Waals surface area contributed by atoms with E-state index in [1.807, 2.05) is 19.9 Å². The van der Waals surface area contributed by atoms with Crippen LogP contribution in [0.1, 0.15) is 26.0 Å². The summed E-state index contributed by atoms with van der Waals surface area (Å²) in [6, 6.07) is 3.52. The van der Waals surface area contributed by atoms with Crippen molar-refractivity contribution in [1.82, 2.24) is 9.97 Å². The molecule has 0 radical (unpaired) electrons. The fraction of sp³-hybridized carbons (Fsp3) is 0.545. The second-order valence-corrected chi connectivity index (χ2v) is 4.37. The molecule has 0 aliphatic rings. The minimum Gasteiger partial charge on any atom is -0.396 e. The van der Waals surface area contributed by atoms with Crippen molar-refractivity contribution in [1.29, 1.82) is 5.26 Å². The zero-order valence-electron chi connectivity index (χ0n) is 9.56. The number of aliphatic hydroxyl groups is 1. The fourth-order valence-electron chi connectivity index (χ4n) is 1.22. The molecule has 1 rings (SSSR count). The highest BCUT2D eigenvalue weighted by molar-refractivity contribution is 5.30. The number of rotatable bonds is 5. The molecular formula is C11H16N4O. The highest BCUT2D eigenvalue weighted by Crippen LogP contribution is 2.19. The molecule has 0 spiro atoms. The molecule has 0 fully saturated rings. The second-order valence-electron chi connectivity index (χ2n) is 4.37. The number of nitrogens with zero attached hydrogens (tertiary/aromatic N) is 3. The van der Waals surface area contributed by atoms with Crippen molar-refractivity contribution >= 4 is 5.95 Å². The van der Waals surface area contributed by atoms with E-state index in [1.54, 1.807) is 12.3 Å². The molecule has 0 bridgehead atoms. The van der Waals surface area contributed by atoms with Crippen LogP contribution < -0.4 is 5.32 Å². The average molecular weight is 220 g/mol. The highest BCUT2D eigenvalue weighted by Gasteiger charge is 2.17. The van der Waals surface area contributed by atoms with Crippen LogP contribution in [0.2, 0.25) is 0 Å². The van der Waals surface area contributed by atoms with Crippen molar-refractivity contribution in [2.45, 2.75) is 20.3 Å². The quantitative estimate of drug-likeness (QED) is 0.778. The summed E-state index contributed by atoms with van der Waals surface area (Å²) >= 11 is 0. The summed E-state index contributed by atoms with van der Waals surface area (Å²) in [7, 11) is 0. The van der Waals surface area contributed by atoms with E-state index in [2.05, 4.69) is 15.3 Å². The molecule has 5 nitrogen and oxygen atoms in total. The molecule has 2 N–H and O–H groups in total. The third-order valence-electron chi connectivity index (χ3n) is 2.28. The molecule has 1 heterocycles. The van der Waals surface area contributed by atoms with Gasteiger partial charge in [-0.2, -0.15) is 5.26 Å². The van der Waals surface area contributed by atoms with Gasteiger partial charge in [0.05, 0.1) is 0 Å². The van der Waals surface area contributed by atoms with E-state index in [1.165, 1.54) is 0 Å². The van der Waals surface area contributed by atoms with Crippen LogP contribution in [0.4, 0.5) is 5.95 Å². The second kappa shape index (κ2) is 5.42. The largest absolute Gasteiger partial charge is 0.396 e. The predicted octanol–water partition coefficient (Wildman–Crippen LogP) is 1.17. The van der Waals surface area contributed by atoms with Crippen LogP contribution in [0.25, 0.3) is 0 Å². The molecular weight excluding hydrogens is 204 g/mol. The van der Waals surface area contributed by atoms with E-state index in [4.69, 9.17) is 10.4 Å². The fourth-order valence-corrected chi connectivity index (χ4v) is 1.22. The van der Waals surface area contributed by atoms with Gasteiger partial charge < -0.3 is 10.4 Å². The Kier molecular flexibility index (Phi) is 4.20. The van der Waals surface area contributed by atoms with Gasteiger partial charge in [-0.25, -0.2) is 9.97 Å². The number of anilines is 1. The first-order valence-electron chi connectivity index (χ1n) is 5.15. The van der Waals surface area contributed by atoms with Crippen LogP contribution in [0.15, 0.2) is 12.3 Å². The number of aromatic nitrogens is 2. The summed E-state index contributed by atoms with van der Waals surface area (Å²) < 4.78 is 0. The lowest BCUT2D eigenvalue weighted by atomic mass is 9.90. The van der Waals surface area contributed by atoms with Crippen LogP contribution in [-0.4, -0.2) is 28.2 Å². The normalized spacial score (nSPS) is 10.9. The third kappa shape index (κ3) is 3.83. The molecule has 0 atom stereocenters. The zero-order chi connectivity index (χ0) is 12.0. The Balaban J connectivity index is 2.58. The Morgan fingerprint density at radius 1 is 1.56 bits per heavy atom. The Morgan fingerprint density at radius 3 is 2.94 bits per heavy atom. The summed E-state index contributed by atoms with van der Waals surface area (Å²) in [4.78, 5) is 8.02. The Labute approximate surface area is 95.2 Å². The predicted molar refractivity (Wildman–Crippen MR) is 60.7 cm³/mol. The molecule has 0 aromatic carbocycles. The Bertz CT molecular complexity index is 384. The lowest BCUT2D eigenvalue weighted by Crippen LogP contribution is -2.25. The lowest BCUT2D eigenvalue weighted by Gasteiger charge is -2.23. The van der Waals surface area contributed by atoms with Gasteiger partial charge in [0.2, 0.25) is 5.95 Å². The summed E-state index contributed by atoms with van der Waals surface area (Å²) in [6.07, 6.45) is 2.25. The van der Waals surface area contributed by atoms with Gasteiger partial charge in [0.1, 0.15) is 11.8 Å². The molecule has 0 aliphatic heterocycles. The van der Waals surface area contributed by atoms with Crippen LogP contribution in [0, 0.1) is 16.7 Å². The van der Waals surface area contributed by atoms with Crippen LogP contribution >= 0.6 is 0 Å². The van der Waals surface area contributed by atoms with Crippen molar-refractivity contribution in [2.24, 2.45) is 5.41 Å². The molecule has 0 saturated carbocycles. The van der Waals surface area contributed by atoms with E-state index in [-0.39, 0.29) is 12.0 Å².